The van der Waals surface area contributed by atoms with E-state index in [0.717, 1.165) is 12.2 Å². The molecule has 1 heterocycles. The van der Waals surface area contributed by atoms with Crippen molar-refractivity contribution in [3.8, 4) is 5.75 Å². The van der Waals surface area contributed by atoms with Gasteiger partial charge in [-0.1, -0.05) is 6.07 Å². The number of rotatable bonds is 4. The van der Waals surface area contributed by atoms with Gasteiger partial charge >= 0.3 is 0 Å². The number of ether oxygens (including phenoxy) is 1. The first-order chi connectivity index (χ1) is 10.3. The first kappa shape index (κ1) is 14.1. The maximum absolute atomic E-state index is 5.34. The number of hydrogen-bond donors (Lipinski definition) is 1. The topological polar surface area (TPSA) is 34.1 Å². The number of benzene rings is 1. The molecule has 21 heavy (non-hydrogen) atoms. The van der Waals surface area contributed by atoms with Crippen LogP contribution in [0, 0.1) is 0 Å². The van der Waals surface area contributed by atoms with E-state index in [1.54, 1.807) is 7.11 Å². The fourth-order valence-electron chi connectivity index (χ4n) is 3.14. The van der Waals surface area contributed by atoms with Crippen LogP contribution < -0.4 is 10.1 Å². The highest BCUT2D eigenvalue weighted by atomic mass is 16.5. The number of aryl methyl sites for hydroxylation is 1. The zero-order valence-electron chi connectivity index (χ0n) is 12.7. The van der Waals surface area contributed by atoms with Crippen LogP contribution in [-0.4, -0.2) is 12.1 Å². The molecule has 1 aliphatic carbocycles. The van der Waals surface area contributed by atoms with Crippen LogP contribution in [0.4, 0.5) is 0 Å². The van der Waals surface area contributed by atoms with E-state index in [1.807, 2.05) is 12.4 Å². The summed E-state index contributed by atoms with van der Waals surface area (Å²) in [6.45, 7) is 2.22. The molecule has 2 atom stereocenters. The molecule has 1 N–H and O–H groups in total. The second kappa shape index (κ2) is 6.27. The van der Waals surface area contributed by atoms with Crippen molar-refractivity contribution >= 4 is 0 Å². The van der Waals surface area contributed by atoms with Gasteiger partial charge in [0.2, 0.25) is 0 Å². The zero-order valence-corrected chi connectivity index (χ0v) is 12.7. The van der Waals surface area contributed by atoms with Gasteiger partial charge in [0.25, 0.3) is 0 Å². The third-order valence-electron chi connectivity index (χ3n) is 4.32. The molecule has 3 rings (SSSR count). The molecule has 2 aromatic rings. The predicted octanol–water partition coefficient (Wildman–Crippen LogP) is 3.82. The Hall–Kier alpha value is -1.87. The maximum Gasteiger partial charge on any atom is 0.119 e. The zero-order chi connectivity index (χ0) is 14.7. The average Bonchev–Trinajstić information content (AvgIpc) is 2.55. The lowest BCUT2D eigenvalue weighted by Gasteiger charge is -2.29. The van der Waals surface area contributed by atoms with Crippen molar-refractivity contribution in [1.82, 2.24) is 10.3 Å². The van der Waals surface area contributed by atoms with Crippen LogP contribution in [0.2, 0.25) is 0 Å². The Labute approximate surface area is 126 Å². The number of nitrogens with one attached hydrogen (secondary N) is 1. The Morgan fingerprint density at radius 1 is 1.24 bits per heavy atom. The van der Waals surface area contributed by atoms with Crippen molar-refractivity contribution in [1.29, 1.82) is 0 Å². The fraction of sp³-hybridized carbons (Fsp3) is 0.389. The van der Waals surface area contributed by atoms with Crippen LogP contribution in [0.3, 0.4) is 0 Å². The molecule has 0 amide bonds. The molecule has 1 aromatic carbocycles. The number of fused-ring (bicyclic) bond motifs is 1. The molecular formula is C18H22N2O. The lowest BCUT2D eigenvalue weighted by Crippen LogP contribution is -2.27. The maximum atomic E-state index is 5.34. The number of methoxy groups -OCH3 is 1. The molecule has 0 aliphatic heterocycles. The summed E-state index contributed by atoms with van der Waals surface area (Å²) in [5.74, 6) is 0.955. The molecule has 1 aromatic heterocycles. The molecule has 3 heteroatoms. The molecule has 3 nitrogen and oxygen atoms in total. The molecule has 0 bridgehead atoms. The number of hydrogen-bond acceptors (Lipinski definition) is 3. The Bertz CT molecular complexity index is 597. The number of aromatic nitrogens is 1. The quantitative estimate of drug-likeness (QED) is 0.925. The SMILES string of the molecule is COc1ccc2c(c1)CCCC2NC(C)c1ccncc1. The molecule has 0 spiro atoms. The molecule has 110 valence electrons. The van der Waals surface area contributed by atoms with Gasteiger partial charge in [-0.3, -0.25) is 4.98 Å². The molecule has 0 saturated heterocycles. The standard InChI is InChI=1S/C18H22N2O/c1-13(14-8-10-19-11-9-14)20-18-5-3-4-15-12-16(21-2)6-7-17(15)18/h6-13,18,20H,3-5H2,1-2H3. The largest absolute Gasteiger partial charge is 0.497 e. The minimum Gasteiger partial charge on any atom is -0.497 e. The highest BCUT2D eigenvalue weighted by Crippen LogP contribution is 2.33. The summed E-state index contributed by atoms with van der Waals surface area (Å²) in [7, 11) is 1.73. The van der Waals surface area contributed by atoms with Gasteiger partial charge in [0, 0.05) is 24.5 Å². The second-order valence-corrected chi connectivity index (χ2v) is 5.68. The second-order valence-electron chi connectivity index (χ2n) is 5.68. The lowest BCUT2D eigenvalue weighted by atomic mass is 9.87. The van der Waals surface area contributed by atoms with Gasteiger partial charge in [-0.25, -0.2) is 0 Å². The van der Waals surface area contributed by atoms with Crippen molar-refractivity contribution in [3.05, 3.63) is 59.4 Å². The number of nitrogens with zero attached hydrogens (tertiary/aromatic N) is 1. The first-order valence-electron chi connectivity index (χ1n) is 7.60. The Morgan fingerprint density at radius 2 is 2.05 bits per heavy atom. The van der Waals surface area contributed by atoms with Gasteiger partial charge in [-0.15, -0.1) is 0 Å². The summed E-state index contributed by atoms with van der Waals surface area (Å²) in [5, 5.41) is 3.76. The first-order valence-corrected chi connectivity index (χ1v) is 7.60. The summed E-state index contributed by atoms with van der Waals surface area (Å²) in [6.07, 6.45) is 7.27. The third kappa shape index (κ3) is 3.08. The fourth-order valence-corrected chi connectivity index (χ4v) is 3.14. The van der Waals surface area contributed by atoms with Crippen LogP contribution in [0.15, 0.2) is 42.7 Å². The highest BCUT2D eigenvalue weighted by Gasteiger charge is 2.22. The predicted molar refractivity (Wildman–Crippen MR) is 84.5 cm³/mol. The lowest BCUT2D eigenvalue weighted by molar-refractivity contribution is 0.402. The van der Waals surface area contributed by atoms with Gasteiger partial charge in [-0.2, -0.15) is 0 Å². The molecule has 0 radical (unpaired) electrons. The van der Waals surface area contributed by atoms with Crippen molar-refractivity contribution in [3.63, 3.8) is 0 Å². The monoisotopic (exact) mass is 282 g/mol. The summed E-state index contributed by atoms with van der Waals surface area (Å²) in [5.41, 5.74) is 4.12. The Morgan fingerprint density at radius 3 is 2.81 bits per heavy atom. The minimum atomic E-state index is 0.325. The van der Waals surface area contributed by atoms with Crippen molar-refractivity contribution in [2.24, 2.45) is 0 Å². The molecular weight excluding hydrogens is 260 g/mol. The van der Waals surface area contributed by atoms with Crippen LogP contribution >= 0.6 is 0 Å². The Kier molecular flexibility index (Phi) is 4.20. The van der Waals surface area contributed by atoms with Gasteiger partial charge in [0.15, 0.2) is 0 Å². The van der Waals surface area contributed by atoms with Crippen LogP contribution in [0.5, 0.6) is 5.75 Å². The van der Waals surface area contributed by atoms with Gasteiger partial charge in [0.05, 0.1) is 7.11 Å². The van der Waals surface area contributed by atoms with Crippen LogP contribution in [-0.2, 0) is 6.42 Å². The molecule has 0 fully saturated rings. The van der Waals surface area contributed by atoms with Crippen molar-refractivity contribution in [2.75, 3.05) is 7.11 Å². The Balaban J connectivity index is 1.79. The van der Waals surface area contributed by atoms with E-state index in [4.69, 9.17) is 4.74 Å². The molecule has 0 saturated carbocycles. The number of pyridine rings is 1. The summed E-state index contributed by atoms with van der Waals surface area (Å²) in [4.78, 5) is 4.09. The highest BCUT2D eigenvalue weighted by molar-refractivity contribution is 5.39. The van der Waals surface area contributed by atoms with Gasteiger partial charge in [0.1, 0.15) is 5.75 Å². The van der Waals surface area contributed by atoms with E-state index in [1.165, 1.54) is 29.5 Å². The van der Waals surface area contributed by atoms with E-state index >= 15 is 0 Å². The van der Waals surface area contributed by atoms with Crippen molar-refractivity contribution in [2.45, 2.75) is 38.3 Å². The van der Waals surface area contributed by atoms with E-state index in [-0.39, 0.29) is 0 Å². The minimum absolute atomic E-state index is 0.325. The van der Waals surface area contributed by atoms with Crippen LogP contribution in [0.25, 0.3) is 0 Å². The van der Waals surface area contributed by atoms with E-state index < -0.39 is 0 Å². The van der Waals surface area contributed by atoms with E-state index in [0.29, 0.717) is 12.1 Å². The molecule has 2 unspecified atom stereocenters. The molecule has 1 aliphatic rings. The van der Waals surface area contributed by atoms with E-state index in [9.17, 15) is 0 Å². The normalized spacial score (nSPS) is 18.9. The summed E-state index contributed by atoms with van der Waals surface area (Å²) < 4.78 is 5.34. The third-order valence-corrected chi connectivity index (χ3v) is 4.32. The summed E-state index contributed by atoms with van der Waals surface area (Å²) >= 11 is 0. The summed E-state index contributed by atoms with van der Waals surface area (Å²) in [6, 6.07) is 11.4. The van der Waals surface area contributed by atoms with Crippen molar-refractivity contribution < 1.29 is 4.74 Å². The average molecular weight is 282 g/mol. The van der Waals surface area contributed by atoms with Crippen LogP contribution in [0.1, 0.15) is 48.5 Å². The van der Waals surface area contributed by atoms with Gasteiger partial charge in [-0.05, 0) is 67.1 Å². The van der Waals surface area contributed by atoms with Gasteiger partial charge < -0.3 is 10.1 Å². The smallest absolute Gasteiger partial charge is 0.119 e. The van der Waals surface area contributed by atoms with E-state index in [2.05, 4.69) is 47.6 Å².